The van der Waals surface area contributed by atoms with E-state index in [2.05, 4.69) is 10.2 Å². The Labute approximate surface area is 179 Å². The van der Waals surface area contributed by atoms with E-state index in [1.807, 2.05) is 0 Å². The van der Waals surface area contributed by atoms with E-state index in [0.717, 1.165) is 45.1 Å². The molecule has 1 amide bonds. The van der Waals surface area contributed by atoms with Gasteiger partial charge in [0, 0.05) is 31.4 Å². The number of sulfonamides is 1. The van der Waals surface area contributed by atoms with Crippen LogP contribution in [0.4, 0.5) is 5.69 Å². The zero-order chi connectivity index (χ0) is 21.0. The first-order valence-corrected chi connectivity index (χ1v) is 12.7. The van der Waals surface area contributed by atoms with Crippen molar-refractivity contribution in [3.63, 3.8) is 0 Å². The van der Waals surface area contributed by atoms with E-state index in [0.29, 0.717) is 42.9 Å². The molecule has 1 N–H and O–H groups in total. The predicted molar refractivity (Wildman–Crippen MR) is 116 cm³/mol. The van der Waals surface area contributed by atoms with Crippen molar-refractivity contribution >= 4 is 21.6 Å². The fourth-order valence-electron chi connectivity index (χ4n) is 4.90. The van der Waals surface area contributed by atoms with Crippen molar-refractivity contribution in [3.8, 4) is 0 Å². The van der Waals surface area contributed by atoms with Crippen LogP contribution in [-0.2, 0) is 19.6 Å². The van der Waals surface area contributed by atoms with Crippen LogP contribution in [0.2, 0.25) is 0 Å². The van der Waals surface area contributed by atoms with Gasteiger partial charge in [0.25, 0.3) is 0 Å². The van der Waals surface area contributed by atoms with Crippen LogP contribution in [0, 0.1) is 0 Å². The van der Waals surface area contributed by atoms with Crippen LogP contribution in [0.5, 0.6) is 0 Å². The van der Waals surface area contributed by atoms with Gasteiger partial charge in [-0.15, -0.1) is 0 Å². The third kappa shape index (κ3) is 5.04. The molecule has 1 aliphatic carbocycles. The molecule has 2 unspecified atom stereocenters. The molecule has 2 saturated heterocycles. The van der Waals surface area contributed by atoms with Crippen molar-refractivity contribution in [2.45, 2.75) is 68.4 Å². The number of fused-ring (bicyclic) bond motifs is 1. The van der Waals surface area contributed by atoms with E-state index in [-0.39, 0.29) is 12.0 Å². The van der Waals surface area contributed by atoms with Gasteiger partial charge in [-0.1, -0.05) is 25.7 Å². The number of morpholine rings is 1. The van der Waals surface area contributed by atoms with E-state index in [1.54, 1.807) is 28.6 Å². The summed E-state index contributed by atoms with van der Waals surface area (Å²) in [4.78, 5) is 15.1. The van der Waals surface area contributed by atoms with Gasteiger partial charge in [-0.05, 0) is 49.9 Å². The minimum Gasteiger partial charge on any atom is -0.375 e. The summed E-state index contributed by atoms with van der Waals surface area (Å²) in [5.41, 5.74) is 0.628. The topological polar surface area (TPSA) is 79.0 Å². The molecule has 166 valence electrons. The van der Waals surface area contributed by atoms with E-state index in [9.17, 15) is 13.2 Å². The summed E-state index contributed by atoms with van der Waals surface area (Å²) in [7, 11) is -3.47. The summed E-state index contributed by atoms with van der Waals surface area (Å²) in [5.74, 6) is -0.0654. The molecule has 3 fully saturated rings. The van der Waals surface area contributed by atoms with Gasteiger partial charge < -0.3 is 10.1 Å². The average Bonchev–Trinajstić information content (AvgIpc) is 3.05. The normalized spacial score (nSPS) is 26.5. The molecule has 0 radical (unpaired) electrons. The Bertz CT molecular complexity index is 817. The van der Waals surface area contributed by atoms with Crippen LogP contribution in [0.15, 0.2) is 29.2 Å². The zero-order valence-corrected chi connectivity index (χ0v) is 18.4. The highest BCUT2D eigenvalue weighted by Gasteiger charge is 2.34. The van der Waals surface area contributed by atoms with E-state index >= 15 is 0 Å². The van der Waals surface area contributed by atoms with Gasteiger partial charge in [0.1, 0.15) is 0 Å². The first-order valence-electron chi connectivity index (χ1n) is 11.3. The van der Waals surface area contributed by atoms with Crippen LogP contribution in [0.1, 0.15) is 51.4 Å². The summed E-state index contributed by atoms with van der Waals surface area (Å²) in [5, 5.41) is 2.92. The third-order valence-corrected chi connectivity index (χ3v) is 8.45. The summed E-state index contributed by atoms with van der Waals surface area (Å²) < 4.78 is 33.3. The summed E-state index contributed by atoms with van der Waals surface area (Å²) in [6.45, 7) is 2.97. The van der Waals surface area contributed by atoms with Crippen LogP contribution in [0.3, 0.4) is 0 Å². The molecule has 8 heteroatoms. The molecule has 1 saturated carbocycles. The summed E-state index contributed by atoms with van der Waals surface area (Å²) in [6.07, 6.45) is 8.81. The number of hydrogen-bond donors (Lipinski definition) is 1. The largest absolute Gasteiger partial charge is 0.375 e. The van der Waals surface area contributed by atoms with Gasteiger partial charge in [0.05, 0.1) is 24.2 Å². The number of rotatable bonds is 5. The van der Waals surface area contributed by atoms with Crippen LogP contribution < -0.4 is 5.32 Å². The van der Waals surface area contributed by atoms with Crippen molar-refractivity contribution in [3.05, 3.63) is 24.3 Å². The zero-order valence-electron chi connectivity index (χ0n) is 17.6. The molecule has 2 atom stereocenters. The molecule has 7 nitrogen and oxygen atoms in total. The van der Waals surface area contributed by atoms with Gasteiger partial charge in [-0.2, -0.15) is 4.31 Å². The Hall–Kier alpha value is -1.48. The standard InChI is InChI=1S/C22H33N3O4S/c26-22(17-24-15-16-29-21-8-4-3-7-20(21)24)23-18-9-11-19(12-10-18)30(27,28)25-13-5-1-2-6-14-25/h9-12,20-21H,1-8,13-17H2,(H,23,26). The molecule has 1 aromatic rings. The average molecular weight is 436 g/mol. The quantitative estimate of drug-likeness (QED) is 0.769. The lowest BCUT2D eigenvalue weighted by Gasteiger charge is -2.43. The smallest absolute Gasteiger partial charge is 0.243 e. The molecule has 2 aliphatic heterocycles. The Morgan fingerprint density at radius 2 is 1.67 bits per heavy atom. The van der Waals surface area contributed by atoms with Crippen molar-refractivity contribution < 1.29 is 17.9 Å². The number of benzene rings is 1. The van der Waals surface area contributed by atoms with Crippen molar-refractivity contribution in [2.24, 2.45) is 0 Å². The van der Waals surface area contributed by atoms with Gasteiger partial charge >= 0.3 is 0 Å². The van der Waals surface area contributed by atoms with E-state index in [1.165, 1.54) is 12.8 Å². The summed E-state index contributed by atoms with van der Waals surface area (Å²) in [6, 6.07) is 6.90. The SMILES string of the molecule is O=C(CN1CCOC2CCCCC21)Nc1ccc(S(=O)(=O)N2CCCCCC2)cc1. The molecular weight excluding hydrogens is 402 g/mol. The first-order chi connectivity index (χ1) is 14.5. The van der Waals surface area contributed by atoms with Crippen LogP contribution >= 0.6 is 0 Å². The monoisotopic (exact) mass is 435 g/mol. The minimum atomic E-state index is -3.47. The Morgan fingerprint density at radius 3 is 2.40 bits per heavy atom. The third-order valence-electron chi connectivity index (χ3n) is 6.53. The number of nitrogens with zero attached hydrogens (tertiary/aromatic N) is 2. The number of anilines is 1. The second-order valence-electron chi connectivity index (χ2n) is 8.62. The number of nitrogens with one attached hydrogen (secondary N) is 1. The maximum Gasteiger partial charge on any atom is 0.243 e. The maximum absolute atomic E-state index is 12.9. The second-order valence-corrected chi connectivity index (χ2v) is 10.6. The molecule has 30 heavy (non-hydrogen) atoms. The van der Waals surface area contributed by atoms with Crippen molar-refractivity contribution in [1.82, 2.24) is 9.21 Å². The Balaban J connectivity index is 1.35. The van der Waals surface area contributed by atoms with E-state index in [4.69, 9.17) is 4.74 Å². The minimum absolute atomic E-state index is 0.0654. The lowest BCUT2D eigenvalue weighted by atomic mass is 9.90. The number of ether oxygens (including phenoxy) is 1. The fraction of sp³-hybridized carbons (Fsp3) is 0.682. The molecule has 2 heterocycles. The molecule has 0 spiro atoms. The molecule has 0 bridgehead atoms. The fourth-order valence-corrected chi connectivity index (χ4v) is 6.42. The predicted octanol–water partition coefficient (Wildman–Crippen LogP) is 2.83. The number of carbonyl (C=O) groups excluding carboxylic acids is 1. The number of carbonyl (C=O) groups is 1. The maximum atomic E-state index is 12.9. The Morgan fingerprint density at radius 1 is 0.967 bits per heavy atom. The van der Waals surface area contributed by atoms with Crippen molar-refractivity contribution in [2.75, 3.05) is 38.1 Å². The second kappa shape index (κ2) is 9.77. The molecule has 3 aliphatic rings. The molecule has 1 aromatic carbocycles. The van der Waals surface area contributed by atoms with Gasteiger partial charge in [-0.25, -0.2) is 8.42 Å². The highest BCUT2D eigenvalue weighted by molar-refractivity contribution is 7.89. The number of amides is 1. The highest BCUT2D eigenvalue weighted by Crippen LogP contribution is 2.28. The first kappa shape index (κ1) is 21.7. The molecule has 4 rings (SSSR count). The van der Waals surface area contributed by atoms with Crippen LogP contribution in [-0.4, -0.2) is 68.5 Å². The lowest BCUT2D eigenvalue weighted by molar-refractivity contribution is -0.124. The summed E-state index contributed by atoms with van der Waals surface area (Å²) >= 11 is 0. The molecule has 0 aromatic heterocycles. The van der Waals surface area contributed by atoms with Gasteiger partial charge in [-0.3, -0.25) is 9.69 Å². The highest BCUT2D eigenvalue weighted by atomic mass is 32.2. The van der Waals surface area contributed by atoms with E-state index < -0.39 is 10.0 Å². The number of hydrogen-bond acceptors (Lipinski definition) is 5. The van der Waals surface area contributed by atoms with Gasteiger partial charge in [0.15, 0.2) is 0 Å². The molecular formula is C22H33N3O4S. The Kier molecular flexibility index (Phi) is 7.08. The van der Waals surface area contributed by atoms with Gasteiger partial charge in [0.2, 0.25) is 15.9 Å². The van der Waals surface area contributed by atoms with Crippen molar-refractivity contribution in [1.29, 1.82) is 0 Å². The lowest BCUT2D eigenvalue weighted by Crippen LogP contribution is -2.54. The van der Waals surface area contributed by atoms with Crippen LogP contribution in [0.25, 0.3) is 0 Å².